The molecule has 3 aliphatic rings. The summed E-state index contributed by atoms with van der Waals surface area (Å²) >= 11 is 0. The second-order valence-electron chi connectivity index (χ2n) is 12.7. The van der Waals surface area contributed by atoms with E-state index in [2.05, 4.69) is 0 Å². The Morgan fingerprint density at radius 1 is 1.02 bits per heavy atom. The molecule has 1 heterocycles. The maximum Gasteiger partial charge on any atom is 0.311 e. The molecule has 0 radical (unpaired) electrons. The molecule has 10 nitrogen and oxygen atoms in total. The minimum atomic E-state index is -1.53. The number of Topliss-reactive ketones (excluding diaryl/α,β-unsaturated/α-hetero) is 1. The van der Waals surface area contributed by atoms with Crippen LogP contribution in [0.25, 0.3) is 0 Å². The third-order valence-corrected chi connectivity index (χ3v) is 9.71. The first-order chi connectivity index (χ1) is 20.3. The van der Waals surface area contributed by atoms with Crippen LogP contribution in [-0.4, -0.2) is 66.8 Å². The Balaban J connectivity index is 2.19. The lowest BCUT2D eigenvalue weighted by atomic mass is 9.53. The molecule has 3 rings (SSSR count). The monoisotopic (exact) mass is 606 g/mol. The van der Waals surface area contributed by atoms with Gasteiger partial charge in [-0.15, -0.1) is 0 Å². The first-order valence-electron chi connectivity index (χ1n) is 15.8. The highest BCUT2D eigenvalue weighted by Crippen LogP contribution is 2.58. The lowest BCUT2D eigenvalue weighted by Crippen LogP contribution is -2.64. The minimum absolute atomic E-state index is 0.140. The fourth-order valence-corrected chi connectivity index (χ4v) is 7.18. The summed E-state index contributed by atoms with van der Waals surface area (Å²) in [5.74, 6) is -4.79. The predicted molar refractivity (Wildman–Crippen MR) is 157 cm³/mol. The number of unbranched alkanes of at least 4 members (excludes halogenated alkanes) is 2. The molecule has 0 bridgehead atoms. The van der Waals surface area contributed by atoms with Crippen molar-refractivity contribution in [2.45, 2.75) is 136 Å². The molecule has 0 N–H and O–H groups in total. The van der Waals surface area contributed by atoms with Crippen LogP contribution < -0.4 is 0 Å². The summed E-state index contributed by atoms with van der Waals surface area (Å²) in [5.41, 5.74) is -1.83. The van der Waals surface area contributed by atoms with E-state index in [0.29, 0.717) is 25.7 Å². The first-order valence-corrected chi connectivity index (χ1v) is 15.8. The Morgan fingerprint density at radius 2 is 1.70 bits per heavy atom. The number of carbonyl (C=O) groups excluding carboxylic acids is 5. The van der Waals surface area contributed by atoms with Crippen molar-refractivity contribution in [3.8, 4) is 0 Å². The van der Waals surface area contributed by atoms with E-state index < -0.39 is 71.1 Å². The number of esters is 4. The Kier molecular flexibility index (Phi) is 11.6. The van der Waals surface area contributed by atoms with Gasteiger partial charge in [0.25, 0.3) is 0 Å². The van der Waals surface area contributed by atoms with Crippen LogP contribution in [0.1, 0.15) is 106 Å². The number of methoxy groups -OCH3 is 1. The maximum atomic E-state index is 15.0. The van der Waals surface area contributed by atoms with E-state index in [0.717, 1.165) is 18.4 Å². The largest absolute Gasteiger partial charge is 0.469 e. The topological polar surface area (TPSA) is 135 Å². The van der Waals surface area contributed by atoms with Crippen molar-refractivity contribution < 1.29 is 47.7 Å². The molecular formula is C33H50O10. The van der Waals surface area contributed by atoms with Crippen molar-refractivity contribution in [3.05, 3.63) is 11.6 Å². The van der Waals surface area contributed by atoms with Crippen molar-refractivity contribution in [1.82, 2.24) is 0 Å². The number of hydrogen-bond acceptors (Lipinski definition) is 10. The number of ether oxygens (including phenoxy) is 5. The number of allylic oxidation sites excluding steroid dienone is 1. The van der Waals surface area contributed by atoms with Gasteiger partial charge in [-0.2, -0.15) is 0 Å². The van der Waals surface area contributed by atoms with Crippen LogP contribution in [-0.2, 0) is 47.7 Å². The fraction of sp³-hybridized carbons (Fsp3) is 0.788. The van der Waals surface area contributed by atoms with Gasteiger partial charge in [0.15, 0.2) is 11.4 Å². The van der Waals surface area contributed by atoms with Gasteiger partial charge in [-0.05, 0) is 39.5 Å². The molecule has 10 heteroatoms. The molecule has 43 heavy (non-hydrogen) atoms. The van der Waals surface area contributed by atoms with E-state index in [1.165, 1.54) is 14.0 Å². The second kappa shape index (κ2) is 14.4. The summed E-state index contributed by atoms with van der Waals surface area (Å²) in [4.78, 5) is 66.3. The normalized spacial score (nSPS) is 35.6. The SMILES string of the molecule is CCCCCC(=O)O[C@@H]1C[C@H](OC(C)=O)[C@]2(C)[C@@H](OC(=O)CCC)CC/C(C)=C\[C@H]3O[C@]3([C@@H](C)C(=O)OC)C(=O)[C@H]2[C@@H]1C. The third-order valence-electron chi connectivity index (χ3n) is 9.71. The van der Waals surface area contributed by atoms with Crippen LogP contribution in [0.2, 0.25) is 0 Å². The van der Waals surface area contributed by atoms with Crippen LogP contribution in [0.4, 0.5) is 0 Å². The smallest absolute Gasteiger partial charge is 0.311 e. The van der Waals surface area contributed by atoms with Crippen molar-refractivity contribution in [1.29, 1.82) is 0 Å². The Hall–Kier alpha value is -2.75. The van der Waals surface area contributed by atoms with Gasteiger partial charge in [-0.25, -0.2) is 0 Å². The van der Waals surface area contributed by atoms with E-state index in [4.69, 9.17) is 23.7 Å². The van der Waals surface area contributed by atoms with E-state index in [9.17, 15) is 24.0 Å². The molecular weight excluding hydrogens is 556 g/mol. The van der Waals surface area contributed by atoms with Crippen molar-refractivity contribution in [2.75, 3.05) is 7.11 Å². The van der Waals surface area contributed by atoms with Gasteiger partial charge in [0.05, 0.1) is 18.4 Å². The van der Waals surface area contributed by atoms with Crippen LogP contribution in [0.5, 0.6) is 0 Å². The number of epoxide rings is 1. The Morgan fingerprint density at radius 3 is 2.30 bits per heavy atom. The van der Waals surface area contributed by atoms with E-state index in [-0.39, 0.29) is 31.0 Å². The number of fused-ring (bicyclic) bond motifs is 2. The molecule has 2 aliphatic carbocycles. The summed E-state index contributed by atoms with van der Waals surface area (Å²) in [6.45, 7) is 12.4. The molecule has 0 aromatic heterocycles. The zero-order chi connectivity index (χ0) is 32.1. The molecule has 0 spiro atoms. The van der Waals surface area contributed by atoms with Crippen LogP contribution in [0.15, 0.2) is 11.6 Å². The van der Waals surface area contributed by atoms with E-state index >= 15 is 0 Å². The average Bonchev–Trinajstić information content (AvgIpc) is 3.66. The van der Waals surface area contributed by atoms with Crippen LogP contribution >= 0.6 is 0 Å². The van der Waals surface area contributed by atoms with Crippen LogP contribution in [0.3, 0.4) is 0 Å². The molecule has 9 atom stereocenters. The molecule has 2 fully saturated rings. The summed E-state index contributed by atoms with van der Waals surface area (Å²) in [5, 5.41) is 0. The quantitative estimate of drug-likeness (QED) is 0.103. The van der Waals surface area contributed by atoms with Gasteiger partial charge in [-0.1, -0.05) is 52.2 Å². The first kappa shape index (κ1) is 34.7. The number of hydrogen-bond donors (Lipinski definition) is 0. The highest BCUT2D eigenvalue weighted by Gasteiger charge is 2.72. The van der Waals surface area contributed by atoms with Crippen molar-refractivity contribution >= 4 is 29.7 Å². The molecule has 242 valence electrons. The standard InChI is InChI=1S/C33H50O10/c1-9-11-12-14-28(36)41-23-18-25(40-22(6)34)32(7)24(42-27(35)13-10-2)16-15-19(3)17-26-33(43-26,21(5)31(38)39-8)30(37)29(32)20(23)4/h17,20-21,23-26,29H,9-16,18H2,1-8H3/b19-17-/t20-,21+,23-,24+,25+,26-,29-,32+,33+/m1/s1. The Labute approximate surface area is 255 Å². The molecule has 0 unspecified atom stereocenters. The summed E-state index contributed by atoms with van der Waals surface area (Å²) in [7, 11) is 1.26. The second-order valence-corrected chi connectivity index (χ2v) is 12.7. The van der Waals surface area contributed by atoms with Gasteiger partial charge >= 0.3 is 23.9 Å². The number of ketones is 1. The van der Waals surface area contributed by atoms with E-state index in [1.807, 2.05) is 40.7 Å². The highest BCUT2D eigenvalue weighted by atomic mass is 16.6. The summed E-state index contributed by atoms with van der Waals surface area (Å²) in [6, 6.07) is 0. The van der Waals surface area contributed by atoms with Gasteiger partial charge in [0, 0.05) is 38.0 Å². The van der Waals surface area contributed by atoms with Crippen LogP contribution in [0, 0.1) is 23.2 Å². The van der Waals surface area contributed by atoms with Gasteiger partial charge in [0.2, 0.25) is 0 Å². The molecule has 0 aromatic carbocycles. The zero-order valence-corrected chi connectivity index (χ0v) is 27.1. The molecule has 0 amide bonds. The average molecular weight is 607 g/mol. The van der Waals surface area contributed by atoms with E-state index in [1.54, 1.807) is 6.92 Å². The lowest BCUT2D eigenvalue weighted by Gasteiger charge is -2.54. The van der Waals surface area contributed by atoms with Gasteiger partial charge < -0.3 is 23.7 Å². The lowest BCUT2D eigenvalue weighted by molar-refractivity contribution is -0.212. The van der Waals surface area contributed by atoms with Gasteiger partial charge in [-0.3, -0.25) is 24.0 Å². The molecule has 1 aliphatic heterocycles. The van der Waals surface area contributed by atoms with Gasteiger partial charge in [0.1, 0.15) is 24.4 Å². The zero-order valence-electron chi connectivity index (χ0n) is 27.1. The summed E-state index contributed by atoms with van der Waals surface area (Å²) < 4.78 is 29.2. The predicted octanol–water partition coefficient (Wildman–Crippen LogP) is 5.04. The Bertz CT molecular complexity index is 1100. The molecule has 1 saturated heterocycles. The fourth-order valence-electron chi connectivity index (χ4n) is 7.18. The van der Waals surface area contributed by atoms with Crippen molar-refractivity contribution in [2.24, 2.45) is 23.2 Å². The third kappa shape index (κ3) is 7.15. The maximum absolute atomic E-state index is 15.0. The van der Waals surface area contributed by atoms with Crippen molar-refractivity contribution in [3.63, 3.8) is 0 Å². The highest BCUT2D eigenvalue weighted by molar-refractivity contribution is 5.98. The molecule has 1 saturated carbocycles. The summed E-state index contributed by atoms with van der Waals surface area (Å²) in [6.07, 6.45) is 3.29. The number of rotatable bonds is 11. The minimum Gasteiger partial charge on any atom is -0.469 e. The molecule has 0 aromatic rings. The number of carbonyl (C=O) groups is 5.